The van der Waals surface area contributed by atoms with Gasteiger partial charge in [0.25, 0.3) is 0 Å². The summed E-state index contributed by atoms with van der Waals surface area (Å²) in [7, 11) is 4.08. The largest absolute Gasteiger partial charge is 0.354 e. The Morgan fingerprint density at radius 3 is 2.44 bits per heavy atom. The Morgan fingerprint density at radius 1 is 0.875 bits per heavy atom. The molecule has 0 saturated carbocycles. The van der Waals surface area contributed by atoms with Crippen molar-refractivity contribution in [2.45, 2.75) is 0 Å². The number of hydrogen-bond acceptors (Lipinski definition) is 6. The predicted molar refractivity (Wildman–Crippen MR) is 131 cm³/mol. The second kappa shape index (κ2) is 8.43. The zero-order valence-electron chi connectivity index (χ0n) is 18.5. The second-order valence-electron chi connectivity index (χ2n) is 8.33. The zero-order chi connectivity index (χ0) is 22.1. The van der Waals surface area contributed by atoms with Crippen molar-refractivity contribution in [2.75, 3.05) is 43.4 Å². The van der Waals surface area contributed by atoms with E-state index in [2.05, 4.69) is 74.1 Å². The lowest BCUT2D eigenvalue weighted by Crippen LogP contribution is -2.44. The maximum atomic E-state index is 4.67. The zero-order valence-corrected chi connectivity index (χ0v) is 18.5. The Bertz CT molecular complexity index is 1250. The van der Waals surface area contributed by atoms with Gasteiger partial charge in [-0.15, -0.1) is 0 Å². The molecule has 0 atom stereocenters. The van der Waals surface area contributed by atoms with Crippen LogP contribution in [-0.2, 0) is 7.05 Å². The van der Waals surface area contributed by atoms with E-state index in [1.807, 2.05) is 42.6 Å². The van der Waals surface area contributed by atoms with Crippen molar-refractivity contribution in [3.8, 4) is 11.1 Å². The van der Waals surface area contributed by atoms with Gasteiger partial charge in [0.1, 0.15) is 11.6 Å². The van der Waals surface area contributed by atoms with Crippen LogP contribution in [0.3, 0.4) is 0 Å². The summed E-state index contributed by atoms with van der Waals surface area (Å²) >= 11 is 0. The van der Waals surface area contributed by atoms with E-state index in [1.54, 1.807) is 0 Å². The maximum absolute atomic E-state index is 4.67. The summed E-state index contributed by atoms with van der Waals surface area (Å²) < 4.78 is 1.81. The van der Waals surface area contributed by atoms with E-state index in [0.29, 0.717) is 0 Å². The van der Waals surface area contributed by atoms with Crippen LogP contribution in [0.1, 0.15) is 5.56 Å². The van der Waals surface area contributed by atoms with E-state index in [4.69, 9.17) is 0 Å². The van der Waals surface area contributed by atoms with Gasteiger partial charge in [-0.3, -0.25) is 4.68 Å². The maximum Gasteiger partial charge on any atom is 0.130 e. The fourth-order valence-electron chi connectivity index (χ4n) is 3.97. The molecule has 1 fully saturated rings. The van der Waals surface area contributed by atoms with Gasteiger partial charge in [0.2, 0.25) is 0 Å². The van der Waals surface area contributed by atoms with Gasteiger partial charge in [0.15, 0.2) is 0 Å². The smallest absolute Gasteiger partial charge is 0.130 e. The van der Waals surface area contributed by atoms with Crippen LogP contribution < -0.4 is 10.2 Å². The van der Waals surface area contributed by atoms with Gasteiger partial charge in [-0.1, -0.05) is 18.7 Å². The number of nitrogens with one attached hydrogen (secondary N) is 1. The average molecular weight is 426 g/mol. The number of benzene rings is 1. The first-order chi connectivity index (χ1) is 15.5. The number of anilines is 2. The molecule has 4 aromatic rings. The molecule has 1 aliphatic rings. The van der Waals surface area contributed by atoms with E-state index in [0.717, 1.165) is 71.0 Å². The highest BCUT2D eigenvalue weighted by Gasteiger charge is 2.15. The molecule has 7 nitrogen and oxygen atoms in total. The summed E-state index contributed by atoms with van der Waals surface area (Å²) in [5.41, 5.74) is 3.95. The lowest BCUT2D eigenvalue weighted by molar-refractivity contribution is 0.312. The summed E-state index contributed by atoms with van der Waals surface area (Å²) in [4.78, 5) is 13.9. The monoisotopic (exact) mass is 425 g/mol. The van der Waals surface area contributed by atoms with Gasteiger partial charge in [-0.2, -0.15) is 5.10 Å². The van der Waals surface area contributed by atoms with Gasteiger partial charge < -0.3 is 15.1 Å². The standard InChI is InChI=1S/C25H27N7/c1-18(20-6-7-25(27-14-20)32-10-8-30(2)9-11-32)29-24-13-22-12-19(4-5-21(22)15-26-24)23-16-28-31(3)17-23/h4-7,12-17H,1,8-11H2,2-3H3,(H,26,29). The molecule has 162 valence electrons. The van der Waals surface area contributed by atoms with Crippen LogP contribution in [0.4, 0.5) is 11.6 Å². The third-order valence-electron chi connectivity index (χ3n) is 5.96. The van der Waals surface area contributed by atoms with Crippen molar-refractivity contribution in [3.05, 3.63) is 73.3 Å². The first kappa shape index (κ1) is 20.2. The fourth-order valence-corrected chi connectivity index (χ4v) is 3.97. The van der Waals surface area contributed by atoms with Crippen molar-refractivity contribution < 1.29 is 0 Å². The fraction of sp³-hybridized carbons (Fsp3) is 0.240. The molecule has 0 amide bonds. The molecule has 3 aromatic heterocycles. The van der Waals surface area contributed by atoms with Gasteiger partial charge in [-0.05, 0) is 42.3 Å². The number of fused-ring (bicyclic) bond motifs is 1. The predicted octanol–water partition coefficient (Wildman–Crippen LogP) is 3.86. The van der Waals surface area contributed by atoms with Gasteiger partial charge in [-0.25, -0.2) is 9.97 Å². The van der Waals surface area contributed by atoms with E-state index in [9.17, 15) is 0 Å². The van der Waals surface area contributed by atoms with Crippen LogP contribution in [0.15, 0.2) is 67.8 Å². The number of pyridine rings is 2. The Morgan fingerprint density at radius 2 is 1.72 bits per heavy atom. The molecule has 7 heteroatoms. The summed E-state index contributed by atoms with van der Waals surface area (Å²) in [5, 5.41) is 9.81. The number of likely N-dealkylation sites (N-methyl/N-ethyl adjacent to an activating group) is 1. The van der Waals surface area contributed by atoms with Crippen LogP contribution in [0.2, 0.25) is 0 Å². The molecular weight excluding hydrogens is 398 g/mol. The summed E-state index contributed by atoms with van der Waals surface area (Å²) in [5.74, 6) is 1.77. The topological polar surface area (TPSA) is 62.1 Å². The summed E-state index contributed by atoms with van der Waals surface area (Å²) in [6.07, 6.45) is 7.65. The van der Waals surface area contributed by atoms with Crippen molar-refractivity contribution >= 4 is 28.1 Å². The minimum absolute atomic E-state index is 0.758. The highest BCUT2D eigenvalue weighted by molar-refractivity contribution is 5.89. The lowest BCUT2D eigenvalue weighted by Gasteiger charge is -2.33. The summed E-state index contributed by atoms with van der Waals surface area (Å²) in [6.45, 7) is 8.33. The molecule has 0 spiro atoms. The molecule has 0 bridgehead atoms. The quantitative estimate of drug-likeness (QED) is 0.524. The molecule has 1 aromatic carbocycles. The highest BCUT2D eigenvalue weighted by atomic mass is 15.3. The molecule has 32 heavy (non-hydrogen) atoms. The number of hydrogen-bond donors (Lipinski definition) is 1. The summed E-state index contributed by atoms with van der Waals surface area (Å²) in [6, 6.07) is 12.5. The molecule has 0 radical (unpaired) electrons. The Balaban J connectivity index is 1.31. The lowest BCUT2D eigenvalue weighted by atomic mass is 10.0. The molecule has 5 rings (SSSR count). The Hall–Kier alpha value is -3.71. The molecule has 0 unspecified atom stereocenters. The number of piperazine rings is 1. The van der Waals surface area contributed by atoms with Crippen molar-refractivity contribution in [1.29, 1.82) is 0 Å². The van der Waals surface area contributed by atoms with E-state index in [1.165, 1.54) is 0 Å². The minimum Gasteiger partial charge on any atom is -0.354 e. The normalized spacial score (nSPS) is 14.6. The van der Waals surface area contributed by atoms with Crippen LogP contribution in [0, 0.1) is 0 Å². The number of aryl methyl sites for hydroxylation is 1. The van der Waals surface area contributed by atoms with Crippen LogP contribution in [0.5, 0.6) is 0 Å². The SMILES string of the molecule is C=C(Nc1cc2cc(-c3cnn(C)c3)ccc2cn1)c1ccc(N2CCN(C)CC2)nc1. The van der Waals surface area contributed by atoms with Crippen LogP contribution in [-0.4, -0.2) is 57.9 Å². The van der Waals surface area contributed by atoms with Crippen molar-refractivity contribution in [3.63, 3.8) is 0 Å². The molecule has 1 saturated heterocycles. The Labute approximate surface area is 188 Å². The van der Waals surface area contributed by atoms with E-state index >= 15 is 0 Å². The molecule has 1 N–H and O–H groups in total. The third-order valence-corrected chi connectivity index (χ3v) is 5.96. The van der Waals surface area contributed by atoms with Gasteiger partial charge in [0.05, 0.1) is 6.20 Å². The minimum atomic E-state index is 0.758. The van der Waals surface area contributed by atoms with Crippen molar-refractivity contribution in [2.24, 2.45) is 7.05 Å². The van der Waals surface area contributed by atoms with Crippen LogP contribution in [0.25, 0.3) is 27.6 Å². The Kier molecular flexibility index (Phi) is 5.33. The molecule has 4 heterocycles. The second-order valence-corrected chi connectivity index (χ2v) is 8.33. The third kappa shape index (κ3) is 4.20. The van der Waals surface area contributed by atoms with Gasteiger partial charge in [0, 0.05) is 74.0 Å². The van der Waals surface area contributed by atoms with E-state index < -0.39 is 0 Å². The molecule has 0 aliphatic carbocycles. The first-order valence-corrected chi connectivity index (χ1v) is 10.8. The van der Waals surface area contributed by atoms with E-state index in [-0.39, 0.29) is 0 Å². The van der Waals surface area contributed by atoms with Crippen LogP contribution >= 0.6 is 0 Å². The van der Waals surface area contributed by atoms with Crippen molar-refractivity contribution in [1.82, 2.24) is 24.6 Å². The highest BCUT2D eigenvalue weighted by Crippen LogP contribution is 2.26. The number of nitrogens with zero attached hydrogens (tertiary/aromatic N) is 6. The molecular formula is C25H27N7. The number of aromatic nitrogens is 4. The first-order valence-electron chi connectivity index (χ1n) is 10.8. The number of rotatable bonds is 5. The van der Waals surface area contributed by atoms with Gasteiger partial charge >= 0.3 is 0 Å². The average Bonchev–Trinajstić information content (AvgIpc) is 3.25. The molecule has 1 aliphatic heterocycles.